The topological polar surface area (TPSA) is 51.8 Å². The van der Waals surface area contributed by atoms with Crippen molar-refractivity contribution >= 4 is 34.3 Å². The lowest BCUT2D eigenvalue weighted by molar-refractivity contribution is 0.425. The van der Waals surface area contributed by atoms with Crippen LogP contribution in [0.4, 0.5) is 0 Å². The molecule has 0 atom stereocenters. The minimum absolute atomic E-state index is 0.502. The molecule has 0 N–H and O–H groups in total. The van der Waals surface area contributed by atoms with Crippen molar-refractivity contribution < 1.29 is 4.52 Å². The number of aromatic nitrogens is 3. The van der Waals surface area contributed by atoms with Crippen molar-refractivity contribution in [1.82, 2.24) is 15.1 Å². The lowest BCUT2D eigenvalue weighted by Gasteiger charge is -2.03. The summed E-state index contributed by atoms with van der Waals surface area (Å²) in [5.41, 5.74) is 1.84. The van der Waals surface area contributed by atoms with Crippen LogP contribution in [0.1, 0.15) is 5.82 Å². The summed E-state index contributed by atoms with van der Waals surface area (Å²) >= 11 is 7.56. The molecule has 118 valence electrons. The molecule has 0 unspecified atom stereocenters. The molecule has 2 aromatic carbocycles. The lowest BCUT2D eigenvalue weighted by Crippen LogP contribution is -1.86. The number of fused-ring (bicyclic) bond motifs is 1. The van der Waals surface area contributed by atoms with Gasteiger partial charge >= 0.3 is 0 Å². The Hall–Kier alpha value is -2.37. The van der Waals surface area contributed by atoms with Gasteiger partial charge in [0.2, 0.25) is 0 Å². The monoisotopic (exact) mass is 353 g/mol. The van der Waals surface area contributed by atoms with E-state index in [4.69, 9.17) is 16.1 Å². The van der Waals surface area contributed by atoms with Gasteiger partial charge in [0.1, 0.15) is 0 Å². The van der Waals surface area contributed by atoms with Crippen LogP contribution in [0.25, 0.3) is 22.4 Å². The van der Waals surface area contributed by atoms with Gasteiger partial charge in [0.25, 0.3) is 5.89 Å². The summed E-state index contributed by atoms with van der Waals surface area (Å²) in [5.74, 6) is 1.79. The Balaban J connectivity index is 1.53. The molecule has 0 amide bonds. The predicted octanol–water partition coefficient (Wildman–Crippen LogP) is 5.23. The molecule has 24 heavy (non-hydrogen) atoms. The zero-order valence-corrected chi connectivity index (χ0v) is 14.1. The van der Waals surface area contributed by atoms with Crippen molar-refractivity contribution in [3.8, 4) is 11.5 Å². The maximum atomic E-state index is 5.89. The van der Waals surface area contributed by atoms with Gasteiger partial charge in [-0.2, -0.15) is 4.98 Å². The van der Waals surface area contributed by atoms with Crippen LogP contribution >= 0.6 is 23.4 Å². The third-order valence-corrected chi connectivity index (χ3v) is 4.85. The van der Waals surface area contributed by atoms with Crippen molar-refractivity contribution in [3.05, 3.63) is 71.6 Å². The molecular weight excluding hydrogens is 342 g/mol. The number of pyridine rings is 1. The average Bonchev–Trinajstić information content (AvgIpc) is 3.09. The first-order valence-electron chi connectivity index (χ1n) is 7.35. The molecule has 0 saturated carbocycles. The summed E-state index contributed by atoms with van der Waals surface area (Å²) in [7, 11) is 0. The van der Waals surface area contributed by atoms with Gasteiger partial charge in [-0.3, -0.25) is 4.98 Å². The van der Waals surface area contributed by atoms with Crippen LogP contribution in [0, 0.1) is 0 Å². The lowest BCUT2D eigenvalue weighted by atomic mass is 10.2. The smallest absolute Gasteiger partial charge is 0.257 e. The highest BCUT2D eigenvalue weighted by Gasteiger charge is 2.10. The number of thioether (sulfide) groups is 1. The molecular formula is C18H12ClN3OS. The number of hydrogen-bond donors (Lipinski definition) is 0. The summed E-state index contributed by atoms with van der Waals surface area (Å²) in [5, 5.41) is 5.86. The minimum Gasteiger partial charge on any atom is -0.334 e. The van der Waals surface area contributed by atoms with E-state index in [1.165, 1.54) is 0 Å². The molecule has 0 spiro atoms. The minimum atomic E-state index is 0.502. The van der Waals surface area contributed by atoms with Gasteiger partial charge in [-0.25, -0.2) is 0 Å². The van der Waals surface area contributed by atoms with E-state index in [2.05, 4.69) is 21.2 Å². The summed E-state index contributed by atoms with van der Waals surface area (Å²) in [4.78, 5) is 9.97. The number of para-hydroxylation sites is 1. The molecule has 2 aromatic heterocycles. The molecule has 4 nitrogen and oxygen atoms in total. The van der Waals surface area contributed by atoms with Gasteiger partial charge in [0, 0.05) is 27.1 Å². The maximum absolute atomic E-state index is 5.89. The molecule has 0 fully saturated rings. The van der Waals surface area contributed by atoms with Crippen molar-refractivity contribution in [2.45, 2.75) is 10.6 Å². The molecule has 0 aliphatic carbocycles. The molecule has 4 rings (SSSR count). The Morgan fingerprint density at radius 3 is 2.71 bits per heavy atom. The van der Waals surface area contributed by atoms with E-state index in [1.807, 2.05) is 42.6 Å². The molecule has 0 aliphatic heterocycles. The Morgan fingerprint density at radius 2 is 1.83 bits per heavy atom. The fourth-order valence-corrected chi connectivity index (χ4v) is 3.37. The van der Waals surface area contributed by atoms with Gasteiger partial charge in [-0.1, -0.05) is 35.0 Å². The largest absolute Gasteiger partial charge is 0.334 e. The summed E-state index contributed by atoms with van der Waals surface area (Å²) in [6.07, 6.45) is 1.82. The predicted molar refractivity (Wildman–Crippen MR) is 96.0 cm³/mol. The van der Waals surface area contributed by atoms with Gasteiger partial charge in [0.05, 0.1) is 11.3 Å². The van der Waals surface area contributed by atoms with Crippen LogP contribution in [0.5, 0.6) is 0 Å². The fraction of sp³-hybridized carbons (Fsp3) is 0.0556. The first-order chi connectivity index (χ1) is 11.8. The zero-order valence-electron chi connectivity index (χ0n) is 12.5. The molecule has 0 aliphatic rings. The highest BCUT2D eigenvalue weighted by atomic mass is 35.5. The van der Waals surface area contributed by atoms with Crippen LogP contribution in [0.2, 0.25) is 5.02 Å². The van der Waals surface area contributed by atoms with E-state index in [1.54, 1.807) is 23.9 Å². The number of rotatable bonds is 4. The number of halogens is 1. The zero-order chi connectivity index (χ0) is 16.4. The van der Waals surface area contributed by atoms with Crippen LogP contribution in [0.15, 0.2) is 70.2 Å². The van der Waals surface area contributed by atoms with Gasteiger partial charge in [-0.15, -0.1) is 11.8 Å². The van der Waals surface area contributed by atoms with Gasteiger partial charge in [0.15, 0.2) is 5.82 Å². The quantitative estimate of drug-likeness (QED) is 0.470. The molecule has 6 heteroatoms. The van der Waals surface area contributed by atoms with E-state index in [-0.39, 0.29) is 0 Å². The Morgan fingerprint density at radius 1 is 1.00 bits per heavy atom. The molecule has 0 saturated heterocycles. The first kappa shape index (κ1) is 15.2. The fourth-order valence-electron chi connectivity index (χ4n) is 2.36. The Bertz CT molecular complexity index is 980. The van der Waals surface area contributed by atoms with Crippen LogP contribution < -0.4 is 0 Å². The Labute approximate surface area is 147 Å². The van der Waals surface area contributed by atoms with E-state index < -0.39 is 0 Å². The molecule has 0 bridgehead atoms. The summed E-state index contributed by atoms with van der Waals surface area (Å²) < 4.78 is 5.34. The van der Waals surface area contributed by atoms with Crippen molar-refractivity contribution in [1.29, 1.82) is 0 Å². The maximum Gasteiger partial charge on any atom is 0.257 e. The third kappa shape index (κ3) is 3.13. The number of hydrogen-bond acceptors (Lipinski definition) is 5. The van der Waals surface area contributed by atoms with Crippen LogP contribution in [-0.4, -0.2) is 15.1 Å². The highest BCUT2D eigenvalue weighted by Crippen LogP contribution is 2.29. The van der Waals surface area contributed by atoms with Crippen molar-refractivity contribution in [2.24, 2.45) is 0 Å². The Kier molecular flexibility index (Phi) is 4.19. The molecule has 0 radical (unpaired) electrons. The second kappa shape index (κ2) is 6.63. The summed E-state index contributed by atoms with van der Waals surface area (Å²) in [6.45, 7) is 0. The normalized spacial score (nSPS) is 11.0. The summed E-state index contributed by atoms with van der Waals surface area (Å²) in [6, 6.07) is 17.4. The first-order valence-corrected chi connectivity index (χ1v) is 8.71. The van der Waals surface area contributed by atoms with Crippen LogP contribution in [0.3, 0.4) is 0 Å². The number of benzene rings is 2. The standard InChI is InChI=1S/C18H12ClN3OS/c19-13-7-5-12(6-8-13)18-21-17(22-23-18)11-24-16-9-10-20-15-4-2-1-3-14(15)16/h1-10H,11H2. The van der Waals surface area contributed by atoms with Crippen molar-refractivity contribution in [3.63, 3.8) is 0 Å². The van der Waals surface area contributed by atoms with Crippen LogP contribution in [-0.2, 0) is 5.75 Å². The van der Waals surface area contributed by atoms with Gasteiger partial charge in [-0.05, 0) is 36.4 Å². The third-order valence-electron chi connectivity index (χ3n) is 3.53. The van der Waals surface area contributed by atoms with E-state index in [0.29, 0.717) is 22.5 Å². The van der Waals surface area contributed by atoms with E-state index in [0.717, 1.165) is 21.4 Å². The molecule has 4 aromatic rings. The molecule has 2 heterocycles. The average molecular weight is 354 g/mol. The van der Waals surface area contributed by atoms with E-state index in [9.17, 15) is 0 Å². The second-order valence-electron chi connectivity index (χ2n) is 5.14. The SMILES string of the molecule is Clc1ccc(-c2nc(CSc3ccnc4ccccc34)no2)cc1. The van der Waals surface area contributed by atoms with E-state index >= 15 is 0 Å². The van der Waals surface area contributed by atoms with Crippen molar-refractivity contribution in [2.75, 3.05) is 0 Å². The van der Waals surface area contributed by atoms with Gasteiger partial charge < -0.3 is 4.52 Å². The number of nitrogens with zero attached hydrogens (tertiary/aromatic N) is 3. The highest BCUT2D eigenvalue weighted by molar-refractivity contribution is 7.98. The second-order valence-corrected chi connectivity index (χ2v) is 6.59.